The van der Waals surface area contributed by atoms with Gasteiger partial charge < -0.3 is 4.90 Å². The van der Waals surface area contributed by atoms with Crippen molar-refractivity contribution in [2.75, 3.05) is 24.5 Å². The molecular weight excluding hydrogens is 275 g/mol. The second-order valence-corrected chi connectivity index (χ2v) is 6.03. The smallest absolute Gasteiger partial charge is 0.214 e. The number of pyridine rings is 1. The van der Waals surface area contributed by atoms with E-state index in [-0.39, 0.29) is 0 Å². The molecule has 1 atom stereocenters. The lowest BCUT2D eigenvalue weighted by atomic mass is 10.2. The summed E-state index contributed by atoms with van der Waals surface area (Å²) in [7, 11) is 0. The molecule has 0 aliphatic carbocycles. The van der Waals surface area contributed by atoms with Crippen molar-refractivity contribution in [1.29, 1.82) is 0 Å². The van der Waals surface area contributed by atoms with E-state index in [1.54, 1.807) is 17.4 Å². The first-order valence-electron chi connectivity index (χ1n) is 6.71. The van der Waals surface area contributed by atoms with Crippen molar-refractivity contribution in [3.05, 3.63) is 40.7 Å². The zero-order chi connectivity index (χ0) is 13.9. The van der Waals surface area contributed by atoms with Crippen LogP contribution >= 0.6 is 11.3 Å². The Morgan fingerprint density at radius 1 is 1.40 bits per heavy atom. The van der Waals surface area contributed by atoms with Gasteiger partial charge >= 0.3 is 0 Å². The van der Waals surface area contributed by atoms with Crippen molar-refractivity contribution >= 4 is 17.2 Å². The lowest BCUT2D eigenvalue weighted by Crippen LogP contribution is -2.51. The first-order chi connectivity index (χ1) is 9.72. The van der Waals surface area contributed by atoms with Gasteiger partial charge in [0.05, 0.1) is 5.51 Å². The van der Waals surface area contributed by atoms with Gasteiger partial charge in [-0.1, -0.05) is 6.07 Å². The molecule has 2 aromatic heterocycles. The molecule has 1 fully saturated rings. The number of piperazine rings is 1. The molecule has 1 aliphatic heterocycles. The van der Waals surface area contributed by atoms with Gasteiger partial charge in [0, 0.05) is 43.3 Å². The van der Waals surface area contributed by atoms with Gasteiger partial charge in [-0.05, 0) is 19.1 Å². The molecule has 1 unspecified atom stereocenters. The summed E-state index contributed by atoms with van der Waals surface area (Å²) < 4.78 is 13.2. The Morgan fingerprint density at radius 3 is 3.00 bits per heavy atom. The number of anilines is 1. The third-order valence-electron chi connectivity index (χ3n) is 3.57. The summed E-state index contributed by atoms with van der Waals surface area (Å²) in [6.07, 6.45) is 1.93. The molecule has 0 spiro atoms. The van der Waals surface area contributed by atoms with E-state index in [2.05, 4.69) is 26.7 Å². The quantitative estimate of drug-likeness (QED) is 0.813. The summed E-state index contributed by atoms with van der Waals surface area (Å²) in [6, 6.07) is 5.30. The molecule has 106 valence electrons. The number of halogens is 1. The van der Waals surface area contributed by atoms with Gasteiger partial charge in [-0.15, -0.1) is 11.3 Å². The maximum atomic E-state index is 13.2. The Bertz CT molecular complexity index is 560. The van der Waals surface area contributed by atoms with Crippen LogP contribution in [0.15, 0.2) is 29.9 Å². The number of nitrogens with zero attached hydrogens (tertiary/aromatic N) is 4. The number of rotatable bonds is 3. The average molecular weight is 292 g/mol. The SMILES string of the molecule is CC1CN(Cc2cncs2)CCN1c1cccc(F)n1. The summed E-state index contributed by atoms with van der Waals surface area (Å²) in [5.41, 5.74) is 1.87. The fraction of sp³-hybridized carbons (Fsp3) is 0.429. The zero-order valence-electron chi connectivity index (χ0n) is 11.4. The Labute approximate surface area is 121 Å². The normalized spacial score (nSPS) is 20.3. The minimum atomic E-state index is -0.415. The van der Waals surface area contributed by atoms with E-state index in [1.165, 1.54) is 10.9 Å². The zero-order valence-corrected chi connectivity index (χ0v) is 12.2. The third-order valence-corrected chi connectivity index (χ3v) is 4.33. The highest BCUT2D eigenvalue weighted by atomic mass is 32.1. The van der Waals surface area contributed by atoms with Gasteiger partial charge in [-0.3, -0.25) is 9.88 Å². The third kappa shape index (κ3) is 2.96. The van der Waals surface area contributed by atoms with Crippen LogP contribution in [0.25, 0.3) is 0 Å². The topological polar surface area (TPSA) is 32.3 Å². The second-order valence-electron chi connectivity index (χ2n) is 5.06. The van der Waals surface area contributed by atoms with Crippen LogP contribution in [0.5, 0.6) is 0 Å². The van der Waals surface area contributed by atoms with E-state index in [0.717, 1.165) is 32.0 Å². The maximum absolute atomic E-state index is 13.2. The van der Waals surface area contributed by atoms with E-state index in [0.29, 0.717) is 6.04 Å². The van der Waals surface area contributed by atoms with Crippen molar-refractivity contribution in [3.63, 3.8) is 0 Å². The van der Waals surface area contributed by atoms with Gasteiger partial charge in [-0.25, -0.2) is 4.98 Å². The molecule has 0 N–H and O–H groups in total. The second kappa shape index (κ2) is 5.85. The summed E-state index contributed by atoms with van der Waals surface area (Å²) in [5, 5.41) is 0. The van der Waals surface area contributed by atoms with Crippen molar-refractivity contribution in [3.8, 4) is 0 Å². The molecule has 4 nitrogen and oxygen atoms in total. The Morgan fingerprint density at radius 2 is 2.30 bits per heavy atom. The first kappa shape index (κ1) is 13.5. The Kier molecular flexibility index (Phi) is 3.93. The van der Waals surface area contributed by atoms with Crippen LogP contribution in [-0.4, -0.2) is 40.5 Å². The highest BCUT2D eigenvalue weighted by Crippen LogP contribution is 2.20. The van der Waals surface area contributed by atoms with Crippen LogP contribution in [0.4, 0.5) is 10.2 Å². The highest BCUT2D eigenvalue weighted by molar-refractivity contribution is 7.09. The number of hydrogen-bond acceptors (Lipinski definition) is 5. The van der Waals surface area contributed by atoms with Crippen molar-refractivity contribution < 1.29 is 4.39 Å². The molecule has 0 aromatic carbocycles. The van der Waals surface area contributed by atoms with Gasteiger partial charge in [0.1, 0.15) is 5.82 Å². The largest absolute Gasteiger partial charge is 0.351 e. The summed E-state index contributed by atoms with van der Waals surface area (Å²) >= 11 is 1.69. The van der Waals surface area contributed by atoms with Crippen LogP contribution in [0.2, 0.25) is 0 Å². The molecular formula is C14H17FN4S. The van der Waals surface area contributed by atoms with Gasteiger partial charge in [-0.2, -0.15) is 4.39 Å². The molecule has 20 heavy (non-hydrogen) atoms. The van der Waals surface area contributed by atoms with Crippen molar-refractivity contribution in [2.45, 2.75) is 19.5 Å². The minimum Gasteiger partial charge on any atom is -0.351 e. The first-order valence-corrected chi connectivity index (χ1v) is 7.59. The van der Waals surface area contributed by atoms with Gasteiger partial charge in [0.2, 0.25) is 5.95 Å². The standard InChI is InChI=1S/C14H17FN4S/c1-11-8-18(9-12-7-16-10-20-12)5-6-19(11)14-4-2-3-13(15)17-14/h2-4,7,10-11H,5-6,8-9H2,1H3. The fourth-order valence-electron chi connectivity index (χ4n) is 2.62. The Balaban J connectivity index is 1.65. The van der Waals surface area contributed by atoms with Crippen LogP contribution in [0.1, 0.15) is 11.8 Å². The summed E-state index contributed by atoms with van der Waals surface area (Å²) in [4.78, 5) is 14.0. The molecule has 0 saturated carbocycles. The van der Waals surface area contributed by atoms with Crippen molar-refractivity contribution in [2.24, 2.45) is 0 Å². The predicted octanol–water partition coefficient (Wildman–Crippen LogP) is 2.39. The molecule has 0 radical (unpaired) electrons. The van der Waals surface area contributed by atoms with E-state index >= 15 is 0 Å². The molecule has 1 saturated heterocycles. The molecule has 1 aliphatic rings. The van der Waals surface area contributed by atoms with E-state index in [9.17, 15) is 4.39 Å². The highest BCUT2D eigenvalue weighted by Gasteiger charge is 2.25. The van der Waals surface area contributed by atoms with Crippen LogP contribution < -0.4 is 4.90 Å². The monoisotopic (exact) mass is 292 g/mol. The number of hydrogen-bond donors (Lipinski definition) is 0. The average Bonchev–Trinajstić information content (AvgIpc) is 2.92. The molecule has 0 amide bonds. The minimum absolute atomic E-state index is 0.325. The predicted molar refractivity (Wildman–Crippen MR) is 78.4 cm³/mol. The Hall–Kier alpha value is -1.53. The number of aromatic nitrogens is 2. The molecule has 2 aromatic rings. The summed E-state index contributed by atoms with van der Waals surface area (Å²) in [6.45, 7) is 5.89. The molecule has 6 heteroatoms. The van der Waals surface area contributed by atoms with Crippen molar-refractivity contribution in [1.82, 2.24) is 14.9 Å². The number of thiazole rings is 1. The van der Waals surface area contributed by atoms with Gasteiger partial charge in [0.25, 0.3) is 0 Å². The summed E-state index contributed by atoms with van der Waals surface area (Å²) in [5.74, 6) is 0.316. The fourth-order valence-corrected chi connectivity index (χ4v) is 3.25. The molecule has 0 bridgehead atoms. The van der Waals surface area contributed by atoms with E-state index in [1.807, 2.05) is 17.8 Å². The van der Waals surface area contributed by atoms with Crippen LogP contribution in [0.3, 0.4) is 0 Å². The lowest BCUT2D eigenvalue weighted by molar-refractivity contribution is 0.222. The lowest BCUT2D eigenvalue weighted by Gasteiger charge is -2.40. The van der Waals surface area contributed by atoms with E-state index in [4.69, 9.17) is 0 Å². The van der Waals surface area contributed by atoms with Crippen LogP contribution in [0, 0.1) is 5.95 Å². The van der Waals surface area contributed by atoms with Crippen LogP contribution in [-0.2, 0) is 6.54 Å². The molecule has 3 rings (SSSR count). The van der Waals surface area contributed by atoms with Gasteiger partial charge in [0.15, 0.2) is 0 Å². The van der Waals surface area contributed by atoms with E-state index < -0.39 is 5.95 Å². The molecule has 3 heterocycles. The maximum Gasteiger partial charge on any atom is 0.214 e.